The van der Waals surface area contributed by atoms with E-state index in [4.69, 9.17) is 5.73 Å². The topological polar surface area (TPSA) is 58.3 Å². The third-order valence-corrected chi connectivity index (χ3v) is 4.18. The lowest BCUT2D eigenvalue weighted by Crippen LogP contribution is -2.39. The van der Waals surface area contributed by atoms with Crippen molar-refractivity contribution in [1.82, 2.24) is 5.32 Å². The molecule has 3 atom stereocenters. The standard InChI is InChI=1S/C15H21F3N2O/c16-15(17,18)12-6-4-10(5-7-12)14(8-19)20-13-3-1-2-11(13)9-21/h4-7,11,13-14,20-21H,1-3,8-9,19H2. The lowest BCUT2D eigenvalue weighted by Gasteiger charge is -2.26. The summed E-state index contributed by atoms with van der Waals surface area (Å²) in [4.78, 5) is 0. The van der Waals surface area contributed by atoms with Gasteiger partial charge in [0.2, 0.25) is 0 Å². The van der Waals surface area contributed by atoms with Crippen LogP contribution >= 0.6 is 0 Å². The average molecular weight is 302 g/mol. The molecule has 3 unspecified atom stereocenters. The van der Waals surface area contributed by atoms with Crippen LogP contribution in [-0.4, -0.2) is 24.3 Å². The van der Waals surface area contributed by atoms with E-state index in [1.54, 1.807) is 0 Å². The van der Waals surface area contributed by atoms with Crippen molar-refractivity contribution in [3.05, 3.63) is 35.4 Å². The minimum absolute atomic E-state index is 0.127. The highest BCUT2D eigenvalue weighted by molar-refractivity contribution is 5.27. The van der Waals surface area contributed by atoms with Gasteiger partial charge in [-0.15, -0.1) is 0 Å². The molecule has 4 N–H and O–H groups in total. The SMILES string of the molecule is NCC(NC1CCCC1CO)c1ccc(C(F)(F)F)cc1. The largest absolute Gasteiger partial charge is 0.416 e. The van der Waals surface area contributed by atoms with E-state index >= 15 is 0 Å². The van der Waals surface area contributed by atoms with E-state index in [9.17, 15) is 18.3 Å². The molecule has 1 aromatic rings. The smallest absolute Gasteiger partial charge is 0.396 e. The number of aliphatic hydroxyl groups excluding tert-OH is 1. The third kappa shape index (κ3) is 3.96. The fraction of sp³-hybridized carbons (Fsp3) is 0.600. The molecular weight excluding hydrogens is 281 g/mol. The van der Waals surface area contributed by atoms with Crippen molar-refractivity contribution in [3.8, 4) is 0 Å². The number of alkyl halides is 3. The second-order valence-corrected chi connectivity index (χ2v) is 5.55. The van der Waals surface area contributed by atoms with E-state index in [-0.39, 0.29) is 24.6 Å². The molecule has 0 heterocycles. The number of halogens is 3. The summed E-state index contributed by atoms with van der Waals surface area (Å²) in [6.45, 7) is 0.433. The molecule has 0 aromatic heterocycles. The maximum atomic E-state index is 12.6. The molecule has 21 heavy (non-hydrogen) atoms. The summed E-state index contributed by atoms with van der Waals surface area (Å²) in [6.07, 6.45) is -1.34. The summed E-state index contributed by atoms with van der Waals surface area (Å²) in [7, 11) is 0. The van der Waals surface area contributed by atoms with Gasteiger partial charge in [-0.3, -0.25) is 0 Å². The first-order valence-corrected chi connectivity index (χ1v) is 7.20. The highest BCUT2D eigenvalue weighted by Crippen LogP contribution is 2.31. The van der Waals surface area contributed by atoms with Gasteiger partial charge in [-0.25, -0.2) is 0 Å². The van der Waals surface area contributed by atoms with Gasteiger partial charge >= 0.3 is 6.18 Å². The molecule has 1 fully saturated rings. The first-order chi connectivity index (χ1) is 9.95. The second kappa shape index (κ2) is 6.77. The van der Waals surface area contributed by atoms with Crippen LogP contribution in [0.5, 0.6) is 0 Å². The highest BCUT2D eigenvalue weighted by atomic mass is 19.4. The molecule has 1 aromatic carbocycles. The summed E-state index contributed by atoms with van der Waals surface area (Å²) < 4.78 is 37.7. The number of hydrogen-bond acceptors (Lipinski definition) is 3. The highest BCUT2D eigenvalue weighted by Gasteiger charge is 2.31. The molecule has 6 heteroatoms. The minimum atomic E-state index is -4.32. The average Bonchev–Trinajstić information content (AvgIpc) is 2.91. The Morgan fingerprint density at radius 3 is 2.43 bits per heavy atom. The Hall–Kier alpha value is -1.11. The maximum absolute atomic E-state index is 12.6. The molecule has 0 saturated heterocycles. The Morgan fingerprint density at radius 1 is 1.24 bits per heavy atom. The van der Waals surface area contributed by atoms with Crippen LogP contribution < -0.4 is 11.1 Å². The van der Waals surface area contributed by atoms with Crippen molar-refractivity contribution in [2.75, 3.05) is 13.2 Å². The fourth-order valence-electron chi connectivity index (χ4n) is 2.94. The lowest BCUT2D eigenvalue weighted by atomic mass is 10.00. The lowest BCUT2D eigenvalue weighted by molar-refractivity contribution is -0.137. The van der Waals surface area contributed by atoms with E-state index in [0.29, 0.717) is 6.54 Å². The van der Waals surface area contributed by atoms with Gasteiger partial charge in [0, 0.05) is 25.2 Å². The van der Waals surface area contributed by atoms with Crippen molar-refractivity contribution in [2.24, 2.45) is 11.7 Å². The molecule has 118 valence electrons. The molecular formula is C15H21F3N2O. The molecule has 2 rings (SSSR count). The van der Waals surface area contributed by atoms with Crippen LogP contribution in [0, 0.1) is 5.92 Å². The fourth-order valence-corrected chi connectivity index (χ4v) is 2.94. The van der Waals surface area contributed by atoms with E-state index in [1.807, 2.05) is 0 Å². The predicted octanol–water partition coefficient (Wildman–Crippen LogP) is 2.46. The molecule has 0 aliphatic heterocycles. The van der Waals surface area contributed by atoms with Gasteiger partial charge in [-0.2, -0.15) is 13.2 Å². The zero-order valence-electron chi connectivity index (χ0n) is 11.7. The minimum Gasteiger partial charge on any atom is -0.396 e. The summed E-state index contributed by atoms with van der Waals surface area (Å²) in [5.41, 5.74) is 5.83. The summed E-state index contributed by atoms with van der Waals surface area (Å²) in [5.74, 6) is 0.202. The van der Waals surface area contributed by atoms with Crippen LogP contribution in [0.4, 0.5) is 13.2 Å². The molecule has 0 radical (unpaired) electrons. The first kappa shape index (κ1) is 16.3. The normalized spacial score (nSPS) is 24.2. The first-order valence-electron chi connectivity index (χ1n) is 7.20. The molecule has 3 nitrogen and oxygen atoms in total. The molecule has 0 amide bonds. The third-order valence-electron chi connectivity index (χ3n) is 4.18. The van der Waals surface area contributed by atoms with Crippen LogP contribution in [-0.2, 0) is 6.18 Å². The van der Waals surface area contributed by atoms with Crippen LogP contribution in [0.2, 0.25) is 0 Å². The van der Waals surface area contributed by atoms with E-state index in [2.05, 4.69) is 5.32 Å². The molecule has 1 aliphatic rings. The number of hydrogen-bond donors (Lipinski definition) is 3. The van der Waals surface area contributed by atoms with Gasteiger partial charge in [0.05, 0.1) is 5.56 Å². The number of benzene rings is 1. The maximum Gasteiger partial charge on any atom is 0.416 e. The van der Waals surface area contributed by atoms with E-state index in [1.165, 1.54) is 12.1 Å². The zero-order valence-corrected chi connectivity index (χ0v) is 11.7. The summed E-state index contributed by atoms with van der Waals surface area (Å²) in [6, 6.07) is 5.08. The number of nitrogens with two attached hydrogens (primary N) is 1. The van der Waals surface area contributed by atoms with Gasteiger partial charge in [0.1, 0.15) is 0 Å². The zero-order chi connectivity index (χ0) is 15.5. The number of rotatable bonds is 5. The molecule has 0 spiro atoms. The van der Waals surface area contributed by atoms with Crippen LogP contribution in [0.3, 0.4) is 0 Å². The summed E-state index contributed by atoms with van der Waals surface area (Å²) >= 11 is 0. The van der Waals surface area contributed by atoms with Crippen LogP contribution in [0.15, 0.2) is 24.3 Å². The van der Waals surface area contributed by atoms with Crippen molar-refractivity contribution in [3.63, 3.8) is 0 Å². The van der Waals surface area contributed by atoms with Crippen LogP contribution in [0.1, 0.15) is 36.4 Å². The van der Waals surface area contributed by atoms with Gasteiger partial charge < -0.3 is 16.2 Å². The predicted molar refractivity (Wildman–Crippen MR) is 74.6 cm³/mol. The molecule has 1 aliphatic carbocycles. The Labute approximate surface area is 122 Å². The second-order valence-electron chi connectivity index (χ2n) is 5.55. The molecule has 1 saturated carbocycles. The van der Waals surface area contributed by atoms with Crippen LogP contribution in [0.25, 0.3) is 0 Å². The van der Waals surface area contributed by atoms with Gasteiger partial charge in [-0.1, -0.05) is 18.6 Å². The van der Waals surface area contributed by atoms with Gasteiger partial charge in [0.15, 0.2) is 0 Å². The van der Waals surface area contributed by atoms with Gasteiger partial charge in [0.25, 0.3) is 0 Å². The van der Waals surface area contributed by atoms with Crippen molar-refractivity contribution >= 4 is 0 Å². The summed E-state index contributed by atoms with van der Waals surface area (Å²) in [5, 5.41) is 12.7. The van der Waals surface area contributed by atoms with E-state index < -0.39 is 11.7 Å². The van der Waals surface area contributed by atoms with Crippen molar-refractivity contribution in [1.29, 1.82) is 0 Å². The Balaban J connectivity index is 2.07. The number of nitrogens with one attached hydrogen (secondary N) is 1. The van der Waals surface area contributed by atoms with Crippen molar-refractivity contribution < 1.29 is 18.3 Å². The van der Waals surface area contributed by atoms with Gasteiger partial charge in [-0.05, 0) is 36.5 Å². The van der Waals surface area contributed by atoms with Crippen molar-refractivity contribution in [2.45, 2.75) is 37.5 Å². The Bertz CT molecular complexity index is 447. The monoisotopic (exact) mass is 302 g/mol. The quantitative estimate of drug-likeness (QED) is 0.783. The Kier molecular flexibility index (Phi) is 5.24. The Morgan fingerprint density at radius 2 is 1.90 bits per heavy atom. The molecule has 0 bridgehead atoms. The number of aliphatic hydroxyl groups is 1. The van der Waals surface area contributed by atoms with E-state index in [0.717, 1.165) is 37.0 Å².